The van der Waals surface area contributed by atoms with Crippen molar-refractivity contribution in [3.8, 4) is 11.8 Å². The van der Waals surface area contributed by atoms with Crippen LogP contribution in [-0.4, -0.2) is 93.8 Å². The number of benzene rings is 3. The number of imidazole rings is 1. The highest BCUT2D eigenvalue weighted by Crippen LogP contribution is 2.55. The van der Waals surface area contributed by atoms with Gasteiger partial charge in [-0.2, -0.15) is 5.26 Å². The molecule has 1 N–H and O–H groups in total. The Bertz CT molecular complexity index is 2670. The minimum atomic E-state index is -0.412. The smallest absolute Gasteiger partial charge is 0.414 e. The lowest BCUT2D eigenvalue weighted by Crippen LogP contribution is -2.74. The van der Waals surface area contributed by atoms with Crippen LogP contribution in [0.3, 0.4) is 0 Å². The van der Waals surface area contributed by atoms with Gasteiger partial charge in [0.1, 0.15) is 23.7 Å². The number of nitrogens with zero attached hydrogens (tertiary/aromatic N) is 8. The van der Waals surface area contributed by atoms with Gasteiger partial charge in [-0.1, -0.05) is 76.0 Å². The van der Waals surface area contributed by atoms with Crippen LogP contribution < -0.4 is 19.9 Å². The third-order valence-electron chi connectivity index (χ3n) is 14.7. The monoisotopic (exact) mass is 911 g/mol. The first kappa shape index (κ1) is 45.0. The number of nitriles is 1. The second-order valence-electron chi connectivity index (χ2n) is 19.6. The van der Waals surface area contributed by atoms with Gasteiger partial charge in [0.25, 0.3) is 5.91 Å². The number of halogens is 1. The molecule has 0 bridgehead atoms. The Labute approximate surface area is 391 Å². The number of rotatable bonds is 9. The number of ether oxygens (including phenoxy) is 2. The Balaban J connectivity index is 0.839. The molecule has 3 fully saturated rings. The first-order chi connectivity index (χ1) is 31.7. The first-order valence-corrected chi connectivity index (χ1v) is 23.5. The SMILES string of the molecule is COC(=O)N1c2ccc3c(nc(Cc4ccccc4)n3[C@H]3CCC[C@@H](C(=O)N4CCN(c5ncc(C(=O)NC6C(C)(C)C(Oc7ccc(C#N)c(Cl)c7)C6(C)C)cn5)CC4)C3)c2CC[C@@H]1C. The fourth-order valence-electron chi connectivity index (χ4n) is 11.6. The van der Waals surface area contributed by atoms with E-state index in [2.05, 4.69) is 95.8 Å². The molecule has 9 rings (SSSR count). The number of carbonyl (C=O) groups is 3. The van der Waals surface area contributed by atoms with Crippen molar-refractivity contribution in [1.82, 2.24) is 29.7 Å². The van der Waals surface area contributed by atoms with Gasteiger partial charge in [0.15, 0.2) is 0 Å². The van der Waals surface area contributed by atoms with Crippen LogP contribution in [0.25, 0.3) is 11.0 Å². The van der Waals surface area contributed by atoms with Crippen LogP contribution in [0.2, 0.25) is 5.02 Å². The average molecular weight is 913 g/mol. The topological polar surface area (TPSA) is 159 Å². The van der Waals surface area contributed by atoms with Gasteiger partial charge in [-0.05, 0) is 68.9 Å². The van der Waals surface area contributed by atoms with Gasteiger partial charge in [-0.25, -0.2) is 19.7 Å². The Morgan fingerprint density at radius 1 is 0.939 bits per heavy atom. The zero-order valence-corrected chi connectivity index (χ0v) is 39.3. The van der Waals surface area contributed by atoms with E-state index in [1.165, 1.54) is 12.7 Å². The maximum absolute atomic E-state index is 14.3. The summed E-state index contributed by atoms with van der Waals surface area (Å²) in [5, 5.41) is 12.8. The molecule has 3 amide bonds. The van der Waals surface area contributed by atoms with Crippen molar-refractivity contribution in [2.24, 2.45) is 16.7 Å². The van der Waals surface area contributed by atoms with E-state index >= 15 is 0 Å². The number of anilines is 2. The number of hydrogen-bond acceptors (Lipinski definition) is 10. The summed E-state index contributed by atoms with van der Waals surface area (Å²) in [5.74, 6) is 1.90. The van der Waals surface area contributed by atoms with E-state index in [4.69, 9.17) is 26.1 Å². The average Bonchev–Trinajstić information content (AvgIpc) is 3.70. The molecule has 2 aliphatic heterocycles. The minimum Gasteiger partial charge on any atom is -0.489 e. The number of fused-ring (bicyclic) bond motifs is 3. The van der Waals surface area contributed by atoms with E-state index in [-0.39, 0.29) is 48.1 Å². The van der Waals surface area contributed by atoms with Gasteiger partial charge >= 0.3 is 6.09 Å². The van der Waals surface area contributed by atoms with Crippen LogP contribution in [0, 0.1) is 28.1 Å². The van der Waals surface area contributed by atoms with Crippen molar-refractivity contribution in [3.05, 3.63) is 106 Å². The van der Waals surface area contributed by atoms with Crippen LogP contribution in [0.15, 0.2) is 73.1 Å². The molecule has 1 saturated heterocycles. The van der Waals surface area contributed by atoms with Gasteiger partial charge in [-0.3, -0.25) is 14.5 Å². The number of aryl methyl sites for hydroxylation is 1. The number of methoxy groups -OCH3 is 1. The molecule has 4 aliphatic rings. The van der Waals surface area contributed by atoms with E-state index < -0.39 is 10.8 Å². The quantitative estimate of drug-likeness (QED) is 0.152. The van der Waals surface area contributed by atoms with Crippen molar-refractivity contribution in [3.63, 3.8) is 0 Å². The third kappa shape index (κ3) is 8.20. The Kier molecular flexibility index (Phi) is 12.2. The van der Waals surface area contributed by atoms with E-state index in [0.717, 1.165) is 66.6 Å². The summed E-state index contributed by atoms with van der Waals surface area (Å²) >= 11 is 6.27. The van der Waals surface area contributed by atoms with Crippen LogP contribution >= 0.6 is 11.6 Å². The van der Waals surface area contributed by atoms with E-state index in [1.807, 2.05) is 17.0 Å². The van der Waals surface area contributed by atoms with E-state index in [1.54, 1.807) is 35.5 Å². The standard InChI is InChI=1S/C51H58ClN9O5/c1-31-15-18-38-40(60(31)49(64)65-6)19-20-41-43(38)56-42(25-32-11-8-7-9-12-32)61(41)36-14-10-13-33(26-36)45(63)58-21-23-59(24-22-58)48-54-29-35(30-55-48)44(62)57-46-50(2,3)47(51(46,4)5)66-37-17-16-34(28-53)39(52)27-37/h7-9,11-12,16-17,19-20,27,29-31,33,36,46-47H,10,13-15,18,21-26H2,1-6H3,(H,57,62)/t31-,33+,36-,46?,47?/m0/s1. The molecule has 0 unspecified atom stereocenters. The van der Waals surface area contributed by atoms with Crippen LogP contribution in [0.1, 0.15) is 106 Å². The number of amides is 3. The lowest BCUT2D eigenvalue weighted by molar-refractivity contribution is -0.164. The predicted molar refractivity (Wildman–Crippen MR) is 253 cm³/mol. The maximum Gasteiger partial charge on any atom is 0.414 e. The highest BCUT2D eigenvalue weighted by Gasteiger charge is 2.64. The summed E-state index contributed by atoms with van der Waals surface area (Å²) < 4.78 is 14.0. The molecular formula is C51H58ClN9O5. The normalized spacial score (nSPS) is 23.3. The van der Waals surface area contributed by atoms with Crippen LogP contribution in [-0.2, 0) is 22.4 Å². The van der Waals surface area contributed by atoms with Crippen molar-refractivity contribution in [2.75, 3.05) is 43.1 Å². The molecule has 4 heterocycles. The summed E-state index contributed by atoms with van der Waals surface area (Å²) in [5.41, 5.74) is 5.01. The summed E-state index contributed by atoms with van der Waals surface area (Å²) in [6.07, 6.45) is 8.33. The lowest BCUT2D eigenvalue weighted by Gasteiger charge is -2.63. The van der Waals surface area contributed by atoms with E-state index in [9.17, 15) is 19.6 Å². The van der Waals surface area contributed by atoms with Crippen molar-refractivity contribution in [1.29, 1.82) is 5.26 Å². The molecule has 0 spiro atoms. The fourth-order valence-corrected chi connectivity index (χ4v) is 11.8. The summed E-state index contributed by atoms with van der Waals surface area (Å²) in [6.45, 7) is 12.6. The molecule has 15 heteroatoms. The molecule has 2 saturated carbocycles. The summed E-state index contributed by atoms with van der Waals surface area (Å²) in [7, 11) is 1.43. The molecule has 3 aromatic carbocycles. The highest BCUT2D eigenvalue weighted by molar-refractivity contribution is 6.31. The fraction of sp³-hybridized carbons (Fsp3) is 0.471. The maximum atomic E-state index is 14.3. The van der Waals surface area contributed by atoms with Gasteiger partial charge in [0, 0.05) is 91.5 Å². The van der Waals surface area contributed by atoms with E-state index in [0.29, 0.717) is 60.4 Å². The highest BCUT2D eigenvalue weighted by atomic mass is 35.5. The van der Waals surface area contributed by atoms with Gasteiger partial charge in [0.2, 0.25) is 11.9 Å². The Morgan fingerprint density at radius 3 is 2.35 bits per heavy atom. The summed E-state index contributed by atoms with van der Waals surface area (Å²) in [6, 6.07) is 21.6. The minimum absolute atomic E-state index is 0.0194. The van der Waals surface area contributed by atoms with Crippen molar-refractivity contribution < 1.29 is 23.9 Å². The first-order valence-electron chi connectivity index (χ1n) is 23.2. The van der Waals surface area contributed by atoms with Gasteiger partial charge in [-0.15, -0.1) is 0 Å². The number of aromatic nitrogens is 4. The molecule has 14 nitrogen and oxygen atoms in total. The zero-order chi connectivity index (χ0) is 46.5. The summed E-state index contributed by atoms with van der Waals surface area (Å²) in [4.78, 5) is 61.2. The molecule has 344 valence electrons. The lowest BCUT2D eigenvalue weighted by atomic mass is 9.49. The van der Waals surface area contributed by atoms with Crippen LogP contribution in [0.5, 0.6) is 5.75 Å². The molecule has 2 aliphatic carbocycles. The predicted octanol–water partition coefficient (Wildman–Crippen LogP) is 8.54. The number of carbonyl (C=O) groups excluding carboxylic acids is 3. The second-order valence-corrected chi connectivity index (χ2v) is 20.0. The second kappa shape index (κ2) is 17.9. The molecule has 0 radical (unpaired) electrons. The number of piperazine rings is 1. The third-order valence-corrected chi connectivity index (χ3v) is 15.0. The number of nitrogens with one attached hydrogen (secondary N) is 1. The molecule has 3 atom stereocenters. The van der Waals surface area contributed by atoms with Gasteiger partial charge in [0.05, 0.1) is 40.0 Å². The molecular weight excluding hydrogens is 854 g/mol. The number of hydrogen-bond donors (Lipinski definition) is 1. The van der Waals surface area contributed by atoms with Crippen molar-refractivity contribution >= 4 is 52.2 Å². The van der Waals surface area contributed by atoms with Crippen molar-refractivity contribution in [2.45, 2.75) is 104 Å². The largest absolute Gasteiger partial charge is 0.489 e. The Morgan fingerprint density at radius 2 is 1.67 bits per heavy atom. The molecule has 5 aromatic rings. The molecule has 66 heavy (non-hydrogen) atoms. The van der Waals surface area contributed by atoms with Gasteiger partial charge < -0.3 is 29.2 Å². The van der Waals surface area contributed by atoms with Crippen LogP contribution in [0.4, 0.5) is 16.4 Å². The zero-order valence-electron chi connectivity index (χ0n) is 38.6. The molecule has 2 aromatic heterocycles. The Hall–Kier alpha value is -6.20.